The standard InChI is InChI=1S/C62H45Cl2N3O15/c63-43-31-42-32-46-53(65-62(74)67(46)55-52(82-61(73)41-29-17-6-18-30-41)50(80-59(71)39-25-13-4-14-26-39)48(78-55)35-76-57(69)37-21-9-2-10-22-37)66(45(42)33-44(43)64)54-51(81-60(72)40-27-15-5-16-28-40)49(79-58(70)38-23-11-3-12-24-38)47(77-54)34-75-56(68)36-19-7-1-8-20-36/h1-33,47-52,54-55H,34-35H2/t47-,48-,49-,50-,51-,52-,54-,55-/m1/s1. The molecule has 0 aliphatic carbocycles. The van der Waals surface area contributed by atoms with Crippen LogP contribution in [0.25, 0.3) is 22.4 Å². The molecule has 20 heteroatoms. The minimum atomic E-state index is -1.71. The number of fused-ring (bicyclic) bond motifs is 2. The molecule has 412 valence electrons. The fourth-order valence-electron chi connectivity index (χ4n) is 9.69. The van der Waals surface area contributed by atoms with Gasteiger partial charge in [0.15, 0.2) is 42.7 Å². The Bertz CT molecular complexity index is 3840. The van der Waals surface area contributed by atoms with Gasteiger partial charge < -0.3 is 37.9 Å². The Morgan fingerprint density at radius 1 is 0.415 bits per heavy atom. The second-order valence-electron chi connectivity index (χ2n) is 18.8. The number of benzene rings is 7. The van der Waals surface area contributed by atoms with Crippen molar-refractivity contribution in [2.45, 2.75) is 49.1 Å². The van der Waals surface area contributed by atoms with Crippen molar-refractivity contribution in [3.63, 3.8) is 0 Å². The Kier molecular flexibility index (Phi) is 16.0. The van der Waals surface area contributed by atoms with Crippen LogP contribution >= 0.6 is 23.2 Å². The SMILES string of the molecule is O=C(OC[C@H]1O[C@@H](n2c3cc4cc(Cl)c(Cl)cc4n([C@@H]4O[C@H](COC(=O)c5ccccc5)[C@@H](OC(=O)c5ccccc5)[C@H]4OC(=O)c4ccccc4)c-3nc2=O)[C@H](OC(=O)c2ccccc2)[C@@H]1OC(=O)c1ccccc1)c1ccccc1. The molecular weight excluding hydrogens is 1100 g/mol. The molecule has 0 saturated carbocycles. The lowest BCUT2D eigenvalue weighted by Gasteiger charge is -2.28. The molecule has 0 amide bonds. The van der Waals surface area contributed by atoms with Gasteiger partial charge >= 0.3 is 41.5 Å². The van der Waals surface area contributed by atoms with Gasteiger partial charge in [-0.2, -0.15) is 4.98 Å². The Morgan fingerprint density at radius 3 is 1.10 bits per heavy atom. The van der Waals surface area contributed by atoms with Gasteiger partial charge in [0.05, 0.1) is 54.6 Å². The molecule has 4 aliphatic heterocycles. The summed E-state index contributed by atoms with van der Waals surface area (Å²) in [6.45, 7) is -1.15. The fraction of sp³-hybridized carbons (Fsp3) is 0.161. The van der Waals surface area contributed by atoms with Crippen LogP contribution in [0.3, 0.4) is 0 Å². The lowest BCUT2D eigenvalue weighted by Crippen LogP contribution is -2.42. The van der Waals surface area contributed by atoms with Gasteiger partial charge in [0.1, 0.15) is 25.4 Å². The molecule has 4 aliphatic rings. The van der Waals surface area contributed by atoms with Crippen molar-refractivity contribution in [2.75, 3.05) is 13.2 Å². The molecule has 7 aromatic rings. The number of pyridine rings is 1. The van der Waals surface area contributed by atoms with Gasteiger partial charge in [0.25, 0.3) is 0 Å². The number of aromatic nitrogens is 3. The molecule has 2 fully saturated rings. The van der Waals surface area contributed by atoms with Crippen LogP contribution in [0.15, 0.2) is 205 Å². The minimum Gasteiger partial charge on any atom is -0.459 e. The molecule has 0 N–H and O–H groups in total. The first kappa shape index (κ1) is 54.5. The fourth-order valence-corrected chi connectivity index (χ4v) is 10.0. The Balaban J connectivity index is 1.06. The highest BCUT2D eigenvalue weighted by molar-refractivity contribution is 6.42. The van der Waals surface area contributed by atoms with Gasteiger partial charge in [-0.15, -0.1) is 0 Å². The molecule has 8 atom stereocenters. The van der Waals surface area contributed by atoms with Crippen LogP contribution in [0.5, 0.6) is 0 Å². The van der Waals surface area contributed by atoms with E-state index in [2.05, 4.69) is 4.98 Å². The largest absolute Gasteiger partial charge is 0.459 e. The van der Waals surface area contributed by atoms with Crippen molar-refractivity contribution in [1.29, 1.82) is 0 Å². The number of hydrogen-bond donors (Lipinski definition) is 0. The Labute approximate surface area is 476 Å². The summed E-state index contributed by atoms with van der Waals surface area (Å²) in [7, 11) is 0. The first-order valence-electron chi connectivity index (χ1n) is 25.6. The molecular formula is C62H45Cl2N3O15. The van der Waals surface area contributed by atoms with E-state index in [1.807, 2.05) is 0 Å². The van der Waals surface area contributed by atoms with Crippen LogP contribution in [0.4, 0.5) is 0 Å². The van der Waals surface area contributed by atoms with Crippen molar-refractivity contribution in [1.82, 2.24) is 14.1 Å². The van der Waals surface area contributed by atoms with Gasteiger partial charge in [0, 0.05) is 5.39 Å². The highest BCUT2D eigenvalue weighted by atomic mass is 35.5. The number of hydrogen-bond acceptors (Lipinski definition) is 16. The van der Waals surface area contributed by atoms with Crippen molar-refractivity contribution >= 4 is 69.9 Å². The molecule has 11 rings (SSSR count). The maximum Gasteiger partial charge on any atom is 0.352 e. The molecule has 18 nitrogen and oxygen atoms in total. The van der Waals surface area contributed by atoms with E-state index >= 15 is 4.79 Å². The smallest absolute Gasteiger partial charge is 0.352 e. The molecule has 0 aromatic heterocycles. The number of rotatable bonds is 16. The Hall–Kier alpha value is -9.46. The summed E-state index contributed by atoms with van der Waals surface area (Å²) in [5, 5.41) is 0.365. The topological polar surface area (TPSA) is 216 Å². The van der Waals surface area contributed by atoms with Crippen LogP contribution in [0.2, 0.25) is 10.0 Å². The lowest BCUT2D eigenvalue weighted by molar-refractivity contribution is -0.0633. The second-order valence-corrected chi connectivity index (χ2v) is 19.6. The summed E-state index contributed by atoms with van der Waals surface area (Å²) < 4.78 is 52.6. The van der Waals surface area contributed by atoms with E-state index in [1.165, 1.54) is 83.4 Å². The van der Waals surface area contributed by atoms with Crippen LogP contribution in [-0.2, 0) is 37.9 Å². The molecule has 0 bridgehead atoms. The summed E-state index contributed by atoms with van der Waals surface area (Å²) >= 11 is 13.5. The molecule has 0 unspecified atom stereocenters. The summed E-state index contributed by atoms with van der Waals surface area (Å²) in [4.78, 5) is 104. The van der Waals surface area contributed by atoms with E-state index in [1.54, 1.807) is 121 Å². The molecule has 7 aromatic carbocycles. The third-order valence-electron chi connectivity index (χ3n) is 13.6. The summed E-state index contributed by atoms with van der Waals surface area (Å²) in [6, 6.07) is 52.5. The highest BCUT2D eigenvalue weighted by Crippen LogP contribution is 2.44. The second kappa shape index (κ2) is 24.1. The van der Waals surface area contributed by atoms with Crippen LogP contribution < -0.4 is 5.69 Å². The number of imidazole rings is 1. The monoisotopic (exact) mass is 1140 g/mol. The number of ether oxygens (including phenoxy) is 8. The van der Waals surface area contributed by atoms with Crippen molar-refractivity contribution in [3.05, 3.63) is 254 Å². The molecule has 4 heterocycles. The van der Waals surface area contributed by atoms with E-state index in [0.717, 1.165) is 4.57 Å². The quantitative estimate of drug-likeness (QED) is 0.0649. The molecule has 82 heavy (non-hydrogen) atoms. The minimum absolute atomic E-state index is 0.0308. The third kappa shape index (κ3) is 11.5. The van der Waals surface area contributed by atoms with Crippen molar-refractivity contribution in [2.24, 2.45) is 0 Å². The predicted molar refractivity (Wildman–Crippen MR) is 294 cm³/mol. The first-order valence-corrected chi connectivity index (χ1v) is 26.4. The summed E-state index contributed by atoms with van der Waals surface area (Å²) in [5.41, 5.74) is -0.0791. The third-order valence-corrected chi connectivity index (χ3v) is 14.3. The van der Waals surface area contributed by atoms with E-state index in [-0.39, 0.29) is 65.8 Å². The van der Waals surface area contributed by atoms with Crippen LogP contribution in [0, 0.1) is 0 Å². The number of carbonyl (C=O) groups is 6. The van der Waals surface area contributed by atoms with Crippen molar-refractivity contribution in [3.8, 4) is 11.5 Å². The maximum atomic E-state index is 15.1. The highest BCUT2D eigenvalue weighted by Gasteiger charge is 2.55. The predicted octanol–water partition coefficient (Wildman–Crippen LogP) is 10.0. The van der Waals surface area contributed by atoms with Gasteiger partial charge in [-0.1, -0.05) is 132 Å². The molecule has 0 spiro atoms. The average molecular weight is 1140 g/mol. The number of halogens is 2. The number of nitrogens with zero attached hydrogens (tertiary/aromatic N) is 3. The van der Waals surface area contributed by atoms with E-state index < -0.39 is 104 Å². The van der Waals surface area contributed by atoms with Gasteiger partial charge in [0.2, 0.25) is 0 Å². The zero-order valence-corrected chi connectivity index (χ0v) is 44.3. The lowest BCUT2D eigenvalue weighted by atomic mass is 10.1. The molecule has 0 radical (unpaired) electrons. The number of esters is 6. The summed E-state index contributed by atoms with van der Waals surface area (Å²) in [5.74, 6) is -5.22. The summed E-state index contributed by atoms with van der Waals surface area (Å²) in [6.07, 6.45) is -12.6. The van der Waals surface area contributed by atoms with Gasteiger partial charge in [-0.3, -0.25) is 9.13 Å². The van der Waals surface area contributed by atoms with E-state index in [9.17, 15) is 28.8 Å². The normalized spacial score (nSPS) is 20.2. The Morgan fingerprint density at radius 2 is 0.732 bits per heavy atom. The first-order chi connectivity index (χ1) is 39.9. The maximum absolute atomic E-state index is 15.1. The zero-order valence-electron chi connectivity index (χ0n) is 42.8. The van der Waals surface area contributed by atoms with Gasteiger partial charge in [-0.25, -0.2) is 33.6 Å². The van der Waals surface area contributed by atoms with Crippen LogP contribution in [-0.4, -0.2) is 99.8 Å². The van der Waals surface area contributed by atoms with Crippen LogP contribution in [0.1, 0.15) is 74.6 Å². The van der Waals surface area contributed by atoms with Crippen molar-refractivity contribution < 1.29 is 66.7 Å². The average Bonchev–Trinajstić information content (AvgIpc) is 2.93. The van der Waals surface area contributed by atoms with E-state index in [4.69, 9.17) is 61.1 Å². The molecule has 2 saturated heterocycles. The van der Waals surface area contributed by atoms with Gasteiger partial charge in [-0.05, 0) is 91.0 Å². The van der Waals surface area contributed by atoms with E-state index in [0.29, 0.717) is 0 Å². The number of carbonyl (C=O) groups excluding carboxylic acids is 6. The zero-order chi connectivity index (χ0) is 56.9.